The van der Waals surface area contributed by atoms with Gasteiger partial charge in [0.15, 0.2) is 0 Å². The van der Waals surface area contributed by atoms with Gasteiger partial charge in [0.05, 0.1) is 0 Å². The van der Waals surface area contributed by atoms with Gasteiger partial charge in [-0.25, -0.2) is 0 Å². The topological polar surface area (TPSA) is 130 Å². The Hall–Kier alpha value is -2.12. The molecule has 24 heavy (non-hydrogen) atoms. The van der Waals surface area contributed by atoms with Gasteiger partial charge in [-0.1, -0.05) is 34.1 Å². The molecule has 138 valence electrons. The standard InChI is InChI=1S/C16H30N4O4/c1-7-9(4)13(14(17)22)20-16(24)12(8(2)3)19-15(23)10(5)18-11(6)21/h8-10,12-13H,7H2,1-6H3,(H2,17,22)(H,18,21)(H,19,23)(H,20,24). The summed E-state index contributed by atoms with van der Waals surface area (Å²) in [4.78, 5) is 47.2. The molecule has 0 aromatic heterocycles. The average Bonchev–Trinajstić information content (AvgIpc) is 2.47. The molecule has 8 heteroatoms. The summed E-state index contributed by atoms with van der Waals surface area (Å²) < 4.78 is 0. The van der Waals surface area contributed by atoms with E-state index in [2.05, 4.69) is 16.0 Å². The van der Waals surface area contributed by atoms with Crippen LogP contribution in [-0.4, -0.2) is 41.8 Å². The second-order valence-corrected chi connectivity index (χ2v) is 6.43. The van der Waals surface area contributed by atoms with Crippen LogP contribution in [0, 0.1) is 11.8 Å². The van der Waals surface area contributed by atoms with E-state index >= 15 is 0 Å². The zero-order valence-electron chi connectivity index (χ0n) is 15.3. The molecule has 0 rings (SSSR count). The number of hydrogen-bond acceptors (Lipinski definition) is 4. The van der Waals surface area contributed by atoms with Crippen LogP contribution in [0.1, 0.15) is 48.0 Å². The van der Waals surface area contributed by atoms with Crippen LogP contribution in [-0.2, 0) is 19.2 Å². The van der Waals surface area contributed by atoms with E-state index in [1.807, 2.05) is 13.8 Å². The predicted molar refractivity (Wildman–Crippen MR) is 90.6 cm³/mol. The van der Waals surface area contributed by atoms with Crippen LogP contribution in [0.2, 0.25) is 0 Å². The smallest absolute Gasteiger partial charge is 0.243 e. The first kappa shape index (κ1) is 21.9. The van der Waals surface area contributed by atoms with Gasteiger partial charge in [-0.3, -0.25) is 19.2 Å². The minimum atomic E-state index is -0.834. The highest BCUT2D eigenvalue weighted by atomic mass is 16.2. The molecule has 4 atom stereocenters. The first-order chi connectivity index (χ1) is 11.0. The molecule has 0 aromatic rings. The molecule has 0 aliphatic heterocycles. The summed E-state index contributed by atoms with van der Waals surface area (Å²) >= 11 is 0. The second-order valence-electron chi connectivity index (χ2n) is 6.43. The summed E-state index contributed by atoms with van der Waals surface area (Å²) in [6.07, 6.45) is 0.673. The van der Waals surface area contributed by atoms with Crippen molar-refractivity contribution >= 4 is 23.6 Å². The summed E-state index contributed by atoms with van der Waals surface area (Å²) in [7, 11) is 0. The molecular weight excluding hydrogens is 312 g/mol. The largest absolute Gasteiger partial charge is 0.368 e. The van der Waals surface area contributed by atoms with Crippen LogP contribution in [0.5, 0.6) is 0 Å². The van der Waals surface area contributed by atoms with Crippen molar-refractivity contribution in [1.82, 2.24) is 16.0 Å². The molecule has 5 N–H and O–H groups in total. The first-order valence-corrected chi connectivity index (χ1v) is 8.18. The van der Waals surface area contributed by atoms with E-state index < -0.39 is 35.8 Å². The van der Waals surface area contributed by atoms with E-state index in [-0.39, 0.29) is 17.7 Å². The quantitative estimate of drug-likeness (QED) is 0.457. The minimum Gasteiger partial charge on any atom is -0.368 e. The lowest BCUT2D eigenvalue weighted by atomic mass is 9.96. The fourth-order valence-corrected chi connectivity index (χ4v) is 2.16. The van der Waals surface area contributed by atoms with E-state index in [1.54, 1.807) is 13.8 Å². The van der Waals surface area contributed by atoms with Gasteiger partial charge in [0.2, 0.25) is 23.6 Å². The van der Waals surface area contributed by atoms with Crippen LogP contribution < -0.4 is 21.7 Å². The maximum atomic E-state index is 12.5. The Kier molecular flexibility index (Phi) is 9.02. The number of nitrogens with one attached hydrogen (secondary N) is 3. The zero-order valence-corrected chi connectivity index (χ0v) is 15.3. The van der Waals surface area contributed by atoms with Gasteiger partial charge in [-0.15, -0.1) is 0 Å². The average molecular weight is 342 g/mol. The lowest BCUT2D eigenvalue weighted by Gasteiger charge is -2.27. The van der Waals surface area contributed by atoms with Crippen LogP contribution in [0.3, 0.4) is 0 Å². The Morgan fingerprint density at radius 2 is 1.38 bits per heavy atom. The Morgan fingerprint density at radius 3 is 1.75 bits per heavy atom. The summed E-state index contributed by atoms with van der Waals surface area (Å²) in [6.45, 7) is 10.1. The molecule has 0 aliphatic carbocycles. The van der Waals surface area contributed by atoms with E-state index in [9.17, 15) is 19.2 Å². The van der Waals surface area contributed by atoms with Crippen molar-refractivity contribution in [2.75, 3.05) is 0 Å². The molecule has 0 spiro atoms. The monoisotopic (exact) mass is 342 g/mol. The van der Waals surface area contributed by atoms with Gasteiger partial charge in [-0.05, 0) is 18.8 Å². The molecular formula is C16H30N4O4. The van der Waals surface area contributed by atoms with Gasteiger partial charge in [0.25, 0.3) is 0 Å². The Bertz CT molecular complexity index is 479. The maximum Gasteiger partial charge on any atom is 0.243 e. The van der Waals surface area contributed by atoms with Crippen LogP contribution in [0.4, 0.5) is 0 Å². The zero-order chi connectivity index (χ0) is 19.0. The lowest BCUT2D eigenvalue weighted by Crippen LogP contribution is -2.58. The maximum absolute atomic E-state index is 12.5. The van der Waals surface area contributed by atoms with E-state index in [0.717, 1.165) is 0 Å². The number of nitrogens with two attached hydrogens (primary N) is 1. The minimum absolute atomic E-state index is 0.117. The molecule has 0 aromatic carbocycles. The van der Waals surface area contributed by atoms with Crippen molar-refractivity contribution in [3.05, 3.63) is 0 Å². The first-order valence-electron chi connectivity index (χ1n) is 8.18. The molecule has 0 saturated carbocycles. The molecule has 0 aliphatic rings. The summed E-state index contributed by atoms with van der Waals surface area (Å²) in [5.41, 5.74) is 5.35. The third kappa shape index (κ3) is 6.97. The Morgan fingerprint density at radius 1 is 0.875 bits per heavy atom. The third-order valence-corrected chi connectivity index (χ3v) is 3.88. The lowest BCUT2D eigenvalue weighted by molar-refractivity contribution is -0.134. The molecule has 0 saturated heterocycles. The predicted octanol–water partition coefficient (Wildman–Crippen LogP) is -0.332. The van der Waals surface area contributed by atoms with Gasteiger partial charge < -0.3 is 21.7 Å². The number of primary amides is 1. The van der Waals surface area contributed by atoms with E-state index in [0.29, 0.717) is 6.42 Å². The Labute approximate surface area is 143 Å². The van der Waals surface area contributed by atoms with Gasteiger partial charge in [0.1, 0.15) is 18.1 Å². The third-order valence-electron chi connectivity index (χ3n) is 3.88. The number of amides is 4. The highest BCUT2D eigenvalue weighted by molar-refractivity contribution is 5.93. The van der Waals surface area contributed by atoms with E-state index in [4.69, 9.17) is 5.73 Å². The van der Waals surface area contributed by atoms with Crippen molar-refractivity contribution in [3.8, 4) is 0 Å². The number of carbonyl (C=O) groups excluding carboxylic acids is 4. The summed E-state index contributed by atoms with van der Waals surface area (Å²) in [5, 5.41) is 7.68. The molecule has 8 nitrogen and oxygen atoms in total. The van der Waals surface area contributed by atoms with Crippen LogP contribution in [0.15, 0.2) is 0 Å². The Balaban J connectivity index is 5.04. The fraction of sp³-hybridized carbons (Fsp3) is 0.750. The van der Waals surface area contributed by atoms with Gasteiger partial charge >= 0.3 is 0 Å². The number of rotatable bonds is 9. The molecule has 4 unspecified atom stereocenters. The van der Waals surface area contributed by atoms with Crippen molar-refractivity contribution in [2.24, 2.45) is 17.6 Å². The molecule has 4 amide bonds. The molecule has 0 bridgehead atoms. The van der Waals surface area contributed by atoms with Crippen molar-refractivity contribution < 1.29 is 19.2 Å². The fourth-order valence-electron chi connectivity index (χ4n) is 2.16. The summed E-state index contributed by atoms with van der Waals surface area (Å²) in [5.74, 6) is -2.22. The van der Waals surface area contributed by atoms with Crippen LogP contribution in [0.25, 0.3) is 0 Å². The van der Waals surface area contributed by atoms with Gasteiger partial charge in [-0.2, -0.15) is 0 Å². The molecule has 0 fully saturated rings. The van der Waals surface area contributed by atoms with E-state index in [1.165, 1.54) is 13.8 Å². The molecule has 0 radical (unpaired) electrons. The summed E-state index contributed by atoms with van der Waals surface area (Å²) in [6, 6.07) is -2.40. The highest BCUT2D eigenvalue weighted by Gasteiger charge is 2.31. The number of hydrogen-bond donors (Lipinski definition) is 4. The van der Waals surface area contributed by atoms with Crippen molar-refractivity contribution in [2.45, 2.75) is 66.1 Å². The second kappa shape index (κ2) is 9.89. The SMILES string of the molecule is CCC(C)C(NC(=O)C(NC(=O)C(C)NC(C)=O)C(C)C)C(N)=O. The highest BCUT2D eigenvalue weighted by Crippen LogP contribution is 2.09. The van der Waals surface area contributed by atoms with Gasteiger partial charge in [0, 0.05) is 6.92 Å². The normalized spacial score (nSPS) is 15.8. The molecule has 0 heterocycles. The van der Waals surface area contributed by atoms with Crippen molar-refractivity contribution in [1.29, 1.82) is 0 Å². The van der Waals surface area contributed by atoms with Crippen LogP contribution >= 0.6 is 0 Å². The number of carbonyl (C=O) groups is 4. The van der Waals surface area contributed by atoms with Crippen molar-refractivity contribution in [3.63, 3.8) is 0 Å².